The van der Waals surface area contributed by atoms with Crippen LogP contribution in [0.3, 0.4) is 0 Å². The predicted octanol–water partition coefficient (Wildman–Crippen LogP) is 1.80. The third-order valence-corrected chi connectivity index (χ3v) is 2.56. The summed E-state index contributed by atoms with van der Waals surface area (Å²) in [5, 5.41) is 3.12. The summed E-state index contributed by atoms with van der Waals surface area (Å²) in [5.41, 5.74) is 0.903. The lowest BCUT2D eigenvalue weighted by atomic mass is 10.2. The minimum atomic E-state index is -0.297. The fourth-order valence-electron chi connectivity index (χ4n) is 1.59. The van der Waals surface area contributed by atoms with Gasteiger partial charge in [0.15, 0.2) is 0 Å². The lowest BCUT2D eigenvalue weighted by Gasteiger charge is -2.19. The lowest BCUT2D eigenvalue weighted by Crippen LogP contribution is -2.36. The third kappa shape index (κ3) is 3.68. The molecular weight excluding hydrogens is 228 g/mol. The number of hydrogen-bond acceptors (Lipinski definition) is 4. The quantitative estimate of drug-likeness (QED) is 0.885. The molecule has 100 valence electrons. The van der Waals surface area contributed by atoms with Gasteiger partial charge in [0.25, 0.3) is 0 Å². The van der Waals surface area contributed by atoms with E-state index < -0.39 is 0 Å². The van der Waals surface area contributed by atoms with E-state index in [0.717, 1.165) is 11.5 Å². The zero-order chi connectivity index (χ0) is 13.9. The molecule has 5 nitrogen and oxygen atoms in total. The van der Waals surface area contributed by atoms with E-state index in [2.05, 4.69) is 15.3 Å². The first-order valence-electron chi connectivity index (χ1n) is 6.14. The van der Waals surface area contributed by atoms with Crippen molar-refractivity contribution in [3.05, 3.63) is 17.6 Å². The predicted molar refractivity (Wildman–Crippen MR) is 72.6 cm³/mol. The number of aryl methyl sites for hydroxylation is 1. The molecule has 5 heteroatoms. The van der Waals surface area contributed by atoms with E-state index in [4.69, 9.17) is 0 Å². The van der Waals surface area contributed by atoms with E-state index in [0.29, 0.717) is 5.82 Å². The number of likely N-dealkylation sites (N-methyl/N-ethyl adjacent to an activating group) is 1. The van der Waals surface area contributed by atoms with Crippen LogP contribution in [0, 0.1) is 6.92 Å². The molecule has 0 aromatic carbocycles. The molecule has 1 amide bonds. The Balaban J connectivity index is 2.87. The number of carbonyl (C=O) groups excluding carboxylic acids is 1. The first-order valence-corrected chi connectivity index (χ1v) is 6.14. The Morgan fingerprint density at radius 3 is 2.39 bits per heavy atom. The highest BCUT2D eigenvalue weighted by Gasteiger charge is 2.15. The first kappa shape index (κ1) is 14.4. The van der Waals surface area contributed by atoms with Gasteiger partial charge in [0.05, 0.1) is 0 Å². The SMILES string of the molecule is Cc1cc(NC(C)C(=O)N(C)C)nc(C(C)C)n1. The molecule has 0 saturated heterocycles. The van der Waals surface area contributed by atoms with Crippen LogP contribution in [0.1, 0.15) is 38.2 Å². The van der Waals surface area contributed by atoms with Gasteiger partial charge < -0.3 is 10.2 Å². The monoisotopic (exact) mass is 250 g/mol. The molecule has 1 aromatic heterocycles. The summed E-state index contributed by atoms with van der Waals surface area (Å²) in [6, 6.07) is 1.56. The van der Waals surface area contributed by atoms with Crippen LogP contribution in [0.2, 0.25) is 0 Å². The van der Waals surface area contributed by atoms with E-state index in [-0.39, 0.29) is 17.9 Å². The van der Waals surface area contributed by atoms with E-state index in [1.54, 1.807) is 19.0 Å². The molecule has 1 rings (SSSR count). The van der Waals surface area contributed by atoms with Gasteiger partial charge in [0.2, 0.25) is 5.91 Å². The molecule has 1 aromatic rings. The van der Waals surface area contributed by atoms with Crippen LogP contribution in [0.15, 0.2) is 6.07 Å². The standard InChI is InChI=1S/C13H22N4O/c1-8(2)12-14-9(3)7-11(16-12)15-10(4)13(18)17(5)6/h7-8,10H,1-6H3,(H,14,15,16). The number of aromatic nitrogens is 2. The lowest BCUT2D eigenvalue weighted by molar-refractivity contribution is -0.129. The second-order valence-corrected chi connectivity index (χ2v) is 5.01. The molecule has 0 aliphatic carbocycles. The fraction of sp³-hybridized carbons (Fsp3) is 0.615. The van der Waals surface area contributed by atoms with Gasteiger partial charge in [0, 0.05) is 31.8 Å². The summed E-state index contributed by atoms with van der Waals surface area (Å²) in [4.78, 5) is 22.1. The third-order valence-electron chi connectivity index (χ3n) is 2.56. The molecular formula is C13H22N4O. The molecule has 1 N–H and O–H groups in total. The normalized spacial score (nSPS) is 12.4. The molecule has 1 atom stereocenters. The molecule has 0 aliphatic heterocycles. The van der Waals surface area contributed by atoms with E-state index in [9.17, 15) is 4.79 Å². The van der Waals surface area contributed by atoms with Crippen molar-refractivity contribution in [1.29, 1.82) is 0 Å². The van der Waals surface area contributed by atoms with Crippen molar-refractivity contribution in [2.75, 3.05) is 19.4 Å². The molecule has 0 radical (unpaired) electrons. The van der Waals surface area contributed by atoms with E-state index >= 15 is 0 Å². The summed E-state index contributed by atoms with van der Waals surface area (Å²) >= 11 is 0. The van der Waals surface area contributed by atoms with Crippen LogP contribution in [0.25, 0.3) is 0 Å². The van der Waals surface area contributed by atoms with Crippen molar-refractivity contribution in [2.45, 2.75) is 39.7 Å². The van der Waals surface area contributed by atoms with Gasteiger partial charge in [-0.3, -0.25) is 4.79 Å². The molecule has 18 heavy (non-hydrogen) atoms. The van der Waals surface area contributed by atoms with Gasteiger partial charge in [0.1, 0.15) is 17.7 Å². The van der Waals surface area contributed by atoms with Gasteiger partial charge in [-0.1, -0.05) is 13.8 Å². The zero-order valence-electron chi connectivity index (χ0n) is 12.0. The molecule has 1 unspecified atom stereocenters. The molecule has 0 bridgehead atoms. The smallest absolute Gasteiger partial charge is 0.244 e. The van der Waals surface area contributed by atoms with Crippen molar-refractivity contribution in [1.82, 2.24) is 14.9 Å². The molecule has 0 saturated carbocycles. The van der Waals surface area contributed by atoms with E-state index in [1.165, 1.54) is 0 Å². The molecule has 0 spiro atoms. The topological polar surface area (TPSA) is 58.1 Å². The number of carbonyl (C=O) groups is 1. The number of rotatable bonds is 4. The summed E-state index contributed by atoms with van der Waals surface area (Å²) in [6.07, 6.45) is 0. The number of nitrogens with zero attached hydrogens (tertiary/aromatic N) is 3. The Morgan fingerprint density at radius 1 is 1.28 bits per heavy atom. The Morgan fingerprint density at radius 2 is 1.89 bits per heavy atom. The Bertz CT molecular complexity index is 429. The summed E-state index contributed by atoms with van der Waals surface area (Å²) in [7, 11) is 3.48. The van der Waals surface area contributed by atoms with Crippen LogP contribution >= 0.6 is 0 Å². The number of nitrogens with one attached hydrogen (secondary N) is 1. The summed E-state index contributed by atoms with van der Waals surface area (Å²) in [6.45, 7) is 7.85. The number of amides is 1. The van der Waals surface area contributed by atoms with Gasteiger partial charge in [-0.05, 0) is 13.8 Å². The second-order valence-electron chi connectivity index (χ2n) is 5.01. The number of anilines is 1. The summed E-state index contributed by atoms with van der Waals surface area (Å²) < 4.78 is 0. The van der Waals surface area contributed by atoms with Gasteiger partial charge in [-0.15, -0.1) is 0 Å². The van der Waals surface area contributed by atoms with Crippen molar-refractivity contribution < 1.29 is 4.79 Å². The van der Waals surface area contributed by atoms with Crippen LogP contribution in [-0.2, 0) is 4.79 Å². The highest BCUT2D eigenvalue weighted by Crippen LogP contribution is 2.14. The van der Waals surface area contributed by atoms with Crippen molar-refractivity contribution >= 4 is 11.7 Å². The maximum absolute atomic E-state index is 11.8. The van der Waals surface area contributed by atoms with Crippen LogP contribution < -0.4 is 5.32 Å². The van der Waals surface area contributed by atoms with Gasteiger partial charge in [-0.25, -0.2) is 9.97 Å². The van der Waals surface area contributed by atoms with Crippen molar-refractivity contribution in [2.24, 2.45) is 0 Å². The Kier molecular flexibility index (Phi) is 4.64. The van der Waals surface area contributed by atoms with Crippen molar-refractivity contribution in [3.8, 4) is 0 Å². The summed E-state index contributed by atoms with van der Waals surface area (Å²) in [5.74, 6) is 1.79. The maximum Gasteiger partial charge on any atom is 0.244 e. The minimum Gasteiger partial charge on any atom is -0.359 e. The largest absolute Gasteiger partial charge is 0.359 e. The van der Waals surface area contributed by atoms with Crippen LogP contribution in [-0.4, -0.2) is 40.9 Å². The molecule has 0 fully saturated rings. The average molecular weight is 250 g/mol. The van der Waals surface area contributed by atoms with Crippen LogP contribution in [0.4, 0.5) is 5.82 Å². The second kappa shape index (κ2) is 5.80. The van der Waals surface area contributed by atoms with Gasteiger partial charge in [-0.2, -0.15) is 0 Å². The first-order chi connectivity index (χ1) is 8.31. The molecule has 1 heterocycles. The average Bonchev–Trinajstić information content (AvgIpc) is 2.26. The van der Waals surface area contributed by atoms with Gasteiger partial charge >= 0.3 is 0 Å². The van der Waals surface area contributed by atoms with Crippen LogP contribution in [0.5, 0.6) is 0 Å². The highest BCUT2D eigenvalue weighted by molar-refractivity contribution is 5.83. The number of hydrogen-bond donors (Lipinski definition) is 1. The van der Waals surface area contributed by atoms with E-state index in [1.807, 2.05) is 33.8 Å². The Hall–Kier alpha value is -1.65. The fourth-order valence-corrected chi connectivity index (χ4v) is 1.59. The zero-order valence-corrected chi connectivity index (χ0v) is 12.0. The Labute approximate surface area is 109 Å². The molecule has 0 aliphatic rings. The highest BCUT2D eigenvalue weighted by atomic mass is 16.2. The minimum absolute atomic E-state index is 0.0253. The maximum atomic E-state index is 11.8. The van der Waals surface area contributed by atoms with Crippen molar-refractivity contribution in [3.63, 3.8) is 0 Å².